The van der Waals surface area contributed by atoms with Gasteiger partial charge in [-0.05, 0) is 28.1 Å². The van der Waals surface area contributed by atoms with Crippen LogP contribution in [0, 0.1) is 0 Å². The SMILES string of the molecule is COc1ncc(Nc2nccc(C(F)(F)F)n2)cc1Br. The zero-order chi connectivity index (χ0) is 14.8. The highest BCUT2D eigenvalue weighted by molar-refractivity contribution is 9.10. The number of nitrogens with zero attached hydrogens (tertiary/aromatic N) is 3. The number of hydrogen-bond donors (Lipinski definition) is 1. The van der Waals surface area contributed by atoms with Gasteiger partial charge in [0.25, 0.3) is 0 Å². The Labute approximate surface area is 120 Å². The molecule has 1 N–H and O–H groups in total. The molecule has 9 heteroatoms. The van der Waals surface area contributed by atoms with Crippen LogP contribution in [0.2, 0.25) is 0 Å². The molecule has 5 nitrogen and oxygen atoms in total. The molecule has 2 aromatic heterocycles. The zero-order valence-corrected chi connectivity index (χ0v) is 11.7. The lowest BCUT2D eigenvalue weighted by Gasteiger charge is -2.09. The van der Waals surface area contributed by atoms with Gasteiger partial charge in [0.05, 0.1) is 23.5 Å². The zero-order valence-electron chi connectivity index (χ0n) is 10.1. The van der Waals surface area contributed by atoms with Crippen molar-refractivity contribution in [1.82, 2.24) is 15.0 Å². The van der Waals surface area contributed by atoms with Gasteiger partial charge in [-0.25, -0.2) is 15.0 Å². The maximum Gasteiger partial charge on any atom is 0.433 e. The van der Waals surface area contributed by atoms with E-state index in [-0.39, 0.29) is 5.95 Å². The van der Waals surface area contributed by atoms with E-state index in [4.69, 9.17) is 4.74 Å². The number of anilines is 2. The van der Waals surface area contributed by atoms with Crippen LogP contribution in [0.15, 0.2) is 29.0 Å². The van der Waals surface area contributed by atoms with Crippen LogP contribution in [0.1, 0.15) is 5.69 Å². The normalized spacial score (nSPS) is 11.2. The Morgan fingerprint density at radius 3 is 2.65 bits per heavy atom. The summed E-state index contributed by atoms with van der Waals surface area (Å²) in [5, 5.41) is 2.64. The molecule has 0 unspecified atom stereocenters. The Kier molecular flexibility index (Phi) is 4.07. The summed E-state index contributed by atoms with van der Waals surface area (Å²) in [6.07, 6.45) is -2.09. The molecule has 0 aromatic carbocycles. The first kappa shape index (κ1) is 14.5. The van der Waals surface area contributed by atoms with Crippen molar-refractivity contribution in [2.75, 3.05) is 12.4 Å². The van der Waals surface area contributed by atoms with E-state index >= 15 is 0 Å². The third-order valence-electron chi connectivity index (χ3n) is 2.20. The number of ether oxygens (including phenoxy) is 1. The van der Waals surface area contributed by atoms with Crippen LogP contribution in [0.25, 0.3) is 0 Å². The third-order valence-corrected chi connectivity index (χ3v) is 2.77. The predicted octanol–water partition coefficient (Wildman–Crippen LogP) is 3.41. The molecule has 20 heavy (non-hydrogen) atoms. The molecule has 0 spiro atoms. The Hall–Kier alpha value is -1.90. The highest BCUT2D eigenvalue weighted by Crippen LogP contribution is 2.29. The first-order chi connectivity index (χ1) is 9.40. The van der Waals surface area contributed by atoms with Gasteiger partial charge in [0.1, 0.15) is 5.69 Å². The van der Waals surface area contributed by atoms with E-state index in [0.717, 1.165) is 12.3 Å². The average molecular weight is 349 g/mol. The summed E-state index contributed by atoms with van der Waals surface area (Å²) in [6.45, 7) is 0. The highest BCUT2D eigenvalue weighted by Gasteiger charge is 2.32. The van der Waals surface area contributed by atoms with Crippen molar-refractivity contribution in [2.45, 2.75) is 6.18 Å². The molecule has 0 bridgehead atoms. The number of aromatic nitrogens is 3. The van der Waals surface area contributed by atoms with Gasteiger partial charge in [0.2, 0.25) is 11.8 Å². The monoisotopic (exact) mass is 348 g/mol. The number of rotatable bonds is 3. The molecule has 0 saturated heterocycles. The summed E-state index contributed by atoms with van der Waals surface area (Å²) in [5.41, 5.74) is -0.590. The van der Waals surface area contributed by atoms with E-state index < -0.39 is 11.9 Å². The van der Waals surface area contributed by atoms with E-state index in [1.807, 2.05) is 0 Å². The summed E-state index contributed by atoms with van der Waals surface area (Å²) < 4.78 is 43.0. The Morgan fingerprint density at radius 2 is 2.05 bits per heavy atom. The highest BCUT2D eigenvalue weighted by atomic mass is 79.9. The van der Waals surface area contributed by atoms with E-state index in [1.165, 1.54) is 13.3 Å². The maximum absolute atomic E-state index is 12.5. The van der Waals surface area contributed by atoms with Crippen LogP contribution < -0.4 is 10.1 Å². The van der Waals surface area contributed by atoms with Gasteiger partial charge in [-0.15, -0.1) is 0 Å². The molecule has 106 valence electrons. The van der Waals surface area contributed by atoms with E-state index in [1.54, 1.807) is 6.07 Å². The molecule has 0 saturated carbocycles. The van der Waals surface area contributed by atoms with Crippen molar-refractivity contribution in [1.29, 1.82) is 0 Å². The third kappa shape index (κ3) is 3.35. The molecule has 0 fully saturated rings. The standard InChI is InChI=1S/C11H8BrF3N4O/c1-20-9-7(12)4-6(5-17-9)18-10-16-3-2-8(19-10)11(13,14)15/h2-5H,1H3,(H,16,18,19). The second-order valence-corrected chi connectivity index (χ2v) is 4.46. The van der Waals surface area contributed by atoms with E-state index in [9.17, 15) is 13.2 Å². The molecule has 2 aromatic rings. The van der Waals surface area contributed by atoms with Gasteiger partial charge < -0.3 is 10.1 Å². The first-order valence-corrected chi connectivity index (χ1v) is 6.06. The predicted molar refractivity (Wildman–Crippen MR) is 68.8 cm³/mol. The summed E-state index contributed by atoms with van der Waals surface area (Å²) >= 11 is 3.22. The molecule has 0 amide bonds. The second kappa shape index (κ2) is 5.61. The van der Waals surface area contributed by atoms with Gasteiger partial charge in [-0.2, -0.15) is 13.2 Å². The van der Waals surface area contributed by atoms with Crippen LogP contribution >= 0.6 is 15.9 Å². The second-order valence-electron chi connectivity index (χ2n) is 3.60. The fourth-order valence-electron chi connectivity index (χ4n) is 1.35. The Bertz CT molecular complexity index is 621. The molecule has 0 atom stereocenters. The summed E-state index contributed by atoms with van der Waals surface area (Å²) in [4.78, 5) is 11.1. The summed E-state index contributed by atoms with van der Waals surface area (Å²) in [6, 6.07) is 2.39. The first-order valence-electron chi connectivity index (χ1n) is 5.27. The minimum absolute atomic E-state index is 0.168. The minimum atomic E-state index is -4.52. The summed E-state index contributed by atoms with van der Waals surface area (Å²) in [5.74, 6) is 0.194. The number of nitrogens with one attached hydrogen (secondary N) is 1. The number of halogens is 4. The number of pyridine rings is 1. The lowest BCUT2D eigenvalue weighted by molar-refractivity contribution is -0.141. The lowest BCUT2D eigenvalue weighted by Crippen LogP contribution is -2.10. The van der Waals surface area contributed by atoms with Crippen LogP contribution in [0.3, 0.4) is 0 Å². The molecule has 2 heterocycles. The van der Waals surface area contributed by atoms with Gasteiger partial charge >= 0.3 is 6.18 Å². The van der Waals surface area contributed by atoms with Crippen molar-refractivity contribution in [3.63, 3.8) is 0 Å². The van der Waals surface area contributed by atoms with Crippen molar-refractivity contribution in [3.8, 4) is 5.88 Å². The van der Waals surface area contributed by atoms with Crippen LogP contribution in [0.5, 0.6) is 5.88 Å². The van der Waals surface area contributed by atoms with Crippen LogP contribution in [-0.2, 0) is 6.18 Å². The number of hydrogen-bond acceptors (Lipinski definition) is 5. The molecule has 0 aliphatic carbocycles. The molecule has 2 rings (SSSR count). The Balaban J connectivity index is 2.24. The van der Waals surface area contributed by atoms with Gasteiger partial charge in [-0.3, -0.25) is 0 Å². The van der Waals surface area contributed by atoms with Crippen LogP contribution in [0.4, 0.5) is 24.8 Å². The number of alkyl halides is 3. The fraction of sp³-hybridized carbons (Fsp3) is 0.182. The van der Waals surface area contributed by atoms with E-state index in [0.29, 0.717) is 16.0 Å². The Morgan fingerprint density at radius 1 is 1.30 bits per heavy atom. The molecular formula is C11H8BrF3N4O. The molecular weight excluding hydrogens is 341 g/mol. The van der Waals surface area contributed by atoms with Gasteiger partial charge in [-0.1, -0.05) is 0 Å². The maximum atomic E-state index is 12.5. The van der Waals surface area contributed by atoms with Gasteiger partial charge in [0.15, 0.2) is 0 Å². The minimum Gasteiger partial charge on any atom is -0.480 e. The quantitative estimate of drug-likeness (QED) is 0.920. The lowest BCUT2D eigenvalue weighted by atomic mass is 10.4. The van der Waals surface area contributed by atoms with E-state index in [2.05, 4.69) is 36.2 Å². The largest absolute Gasteiger partial charge is 0.480 e. The van der Waals surface area contributed by atoms with Crippen LogP contribution in [-0.4, -0.2) is 22.1 Å². The average Bonchev–Trinajstić information content (AvgIpc) is 2.38. The van der Waals surface area contributed by atoms with Crippen molar-refractivity contribution in [3.05, 3.63) is 34.7 Å². The fourth-order valence-corrected chi connectivity index (χ4v) is 1.86. The van der Waals surface area contributed by atoms with Crippen molar-refractivity contribution < 1.29 is 17.9 Å². The van der Waals surface area contributed by atoms with Crippen molar-refractivity contribution in [2.24, 2.45) is 0 Å². The molecule has 0 radical (unpaired) electrons. The van der Waals surface area contributed by atoms with Crippen molar-refractivity contribution >= 4 is 27.6 Å². The van der Waals surface area contributed by atoms with Gasteiger partial charge in [0, 0.05) is 6.20 Å². The number of methoxy groups -OCH3 is 1. The smallest absolute Gasteiger partial charge is 0.433 e. The molecule has 0 aliphatic heterocycles. The topological polar surface area (TPSA) is 59.9 Å². The molecule has 0 aliphatic rings. The summed E-state index contributed by atoms with van der Waals surface area (Å²) in [7, 11) is 1.45.